The van der Waals surface area contributed by atoms with Gasteiger partial charge in [0, 0.05) is 31.4 Å². The fraction of sp³-hybridized carbons (Fsp3) is 0.480. The molecule has 0 unspecified atom stereocenters. The monoisotopic (exact) mass is 469 g/mol. The number of hydrogen-bond acceptors (Lipinski definition) is 7. The average Bonchev–Trinajstić information content (AvgIpc) is 3.28. The summed E-state index contributed by atoms with van der Waals surface area (Å²) in [4.78, 5) is 32.1. The van der Waals surface area contributed by atoms with Gasteiger partial charge in [0.2, 0.25) is 11.7 Å². The number of Topliss-reactive ketones (excluding diaryl/α,β-unsaturated/α-hetero) is 1. The molecule has 0 radical (unpaired) electrons. The predicted molar refractivity (Wildman–Crippen MR) is 130 cm³/mol. The number of fused-ring (bicyclic) bond motifs is 1. The van der Waals surface area contributed by atoms with Crippen LogP contribution in [0.4, 0.5) is 0 Å². The van der Waals surface area contributed by atoms with Crippen molar-refractivity contribution in [2.75, 3.05) is 19.0 Å². The number of oxazole rings is 1. The van der Waals surface area contributed by atoms with Gasteiger partial charge in [-0.2, -0.15) is 0 Å². The summed E-state index contributed by atoms with van der Waals surface area (Å²) in [5.41, 5.74) is 7.80. The first-order valence-corrected chi connectivity index (χ1v) is 12.6. The molecule has 0 saturated carbocycles. The number of carbonyl (C=O) groups is 2. The van der Waals surface area contributed by atoms with Crippen LogP contribution in [0.25, 0.3) is 11.1 Å². The normalized spacial score (nSPS) is 18.0. The Morgan fingerprint density at radius 2 is 2.06 bits per heavy atom. The number of nitrogens with zero attached hydrogens (tertiary/aromatic N) is 2. The van der Waals surface area contributed by atoms with Gasteiger partial charge in [-0.05, 0) is 43.4 Å². The number of nitrogens with two attached hydrogens (primary N) is 1. The first-order valence-electron chi connectivity index (χ1n) is 11.6. The van der Waals surface area contributed by atoms with Crippen molar-refractivity contribution >= 4 is 34.6 Å². The Hall–Kier alpha value is -2.58. The summed E-state index contributed by atoms with van der Waals surface area (Å²) >= 11 is 1.72. The highest BCUT2D eigenvalue weighted by molar-refractivity contribution is 8.03. The number of carbonyl (C=O) groups excluding carboxylic acids is 2. The van der Waals surface area contributed by atoms with Crippen molar-refractivity contribution < 1.29 is 18.7 Å². The molecule has 3 heterocycles. The molecule has 1 saturated heterocycles. The molecule has 4 rings (SSSR count). The van der Waals surface area contributed by atoms with Crippen molar-refractivity contribution in [3.8, 4) is 0 Å². The molecule has 0 aliphatic carbocycles. The molecule has 1 atom stereocenters. The van der Waals surface area contributed by atoms with Gasteiger partial charge in [-0.25, -0.2) is 4.98 Å². The van der Waals surface area contributed by atoms with Gasteiger partial charge in [-0.3, -0.25) is 9.59 Å². The minimum atomic E-state index is -0.399. The SMILES string of the molecule is CCC[C@@H](C(=O)c1nc2ccccc2o1)N(C1=C(CCC(N)=O)C=CCS1)C1CCOCC1. The first kappa shape index (κ1) is 23.6. The maximum Gasteiger partial charge on any atom is 0.266 e. The number of allylic oxidation sites excluding steroid dienone is 2. The van der Waals surface area contributed by atoms with Crippen molar-refractivity contribution in [1.29, 1.82) is 0 Å². The molecule has 8 heteroatoms. The number of ketones is 1. The summed E-state index contributed by atoms with van der Waals surface area (Å²) < 4.78 is 11.5. The van der Waals surface area contributed by atoms with E-state index < -0.39 is 6.04 Å². The van der Waals surface area contributed by atoms with Crippen LogP contribution in [-0.4, -0.2) is 52.6 Å². The number of aromatic nitrogens is 1. The van der Waals surface area contributed by atoms with Crippen LogP contribution in [0.3, 0.4) is 0 Å². The van der Waals surface area contributed by atoms with E-state index in [1.807, 2.05) is 24.3 Å². The molecular weight excluding hydrogens is 438 g/mol. The van der Waals surface area contributed by atoms with Crippen molar-refractivity contribution in [2.45, 2.75) is 57.5 Å². The van der Waals surface area contributed by atoms with E-state index in [-0.39, 0.29) is 30.0 Å². The highest BCUT2D eigenvalue weighted by atomic mass is 32.2. The van der Waals surface area contributed by atoms with Crippen molar-refractivity contribution in [2.24, 2.45) is 5.73 Å². The van der Waals surface area contributed by atoms with E-state index in [0.717, 1.165) is 35.6 Å². The molecule has 2 N–H and O–H groups in total. The number of para-hydroxylation sites is 2. The van der Waals surface area contributed by atoms with Crippen LogP contribution in [0.15, 0.2) is 51.4 Å². The molecule has 33 heavy (non-hydrogen) atoms. The Kier molecular flexibility index (Phi) is 7.88. The Morgan fingerprint density at radius 3 is 2.79 bits per heavy atom. The molecule has 1 aromatic carbocycles. The van der Waals surface area contributed by atoms with Crippen LogP contribution >= 0.6 is 11.8 Å². The topological polar surface area (TPSA) is 98.7 Å². The highest BCUT2D eigenvalue weighted by Crippen LogP contribution is 2.38. The lowest BCUT2D eigenvalue weighted by molar-refractivity contribution is -0.117. The third kappa shape index (κ3) is 5.50. The zero-order chi connectivity index (χ0) is 23.2. The Balaban J connectivity index is 1.74. The van der Waals surface area contributed by atoms with Crippen molar-refractivity contribution in [3.05, 3.63) is 52.9 Å². The van der Waals surface area contributed by atoms with E-state index in [2.05, 4.69) is 29.0 Å². The van der Waals surface area contributed by atoms with E-state index in [0.29, 0.717) is 37.2 Å². The summed E-state index contributed by atoms with van der Waals surface area (Å²) in [5, 5.41) is 1.06. The first-order chi connectivity index (χ1) is 16.1. The maximum absolute atomic E-state index is 13.9. The second-order valence-electron chi connectivity index (χ2n) is 8.42. The van der Waals surface area contributed by atoms with Crippen LogP contribution < -0.4 is 5.73 Å². The molecule has 0 spiro atoms. The third-order valence-corrected chi connectivity index (χ3v) is 7.18. The summed E-state index contributed by atoms with van der Waals surface area (Å²) in [6.45, 7) is 3.42. The fourth-order valence-corrected chi connectivity index (χ4v) is 5.62. The molecule has 2 aliphatic heterocycles. The zero-order valence-corrected chi connectivity index (χ0v) is 19.8. The molecule has 1 amide bonds. The molecule has 0 bridgehead atoms. The molecule has 176 valence electrons. The van der Waals surface area contributed by atoms with E-state index in [1.165, 1.54) is 0 Å². The van der Waals surface area contributed by atoms with Gasteiger partial charge in [-0.1, -0.05) is 37.6 Å². The van der Waals surface area contributed by atoms with Gasteiger partial charge < -0.3 is 19.8 Å². The van der Waals surface area contributed by atoms with Gasteiger partial charge in [0.05, 0.1) is 11.1 Å². The van der Waals surface area contributed by atoms with E-state index in [4.69, 9.17) is 14.9 Å². The largest absolute Gasteiger partial charge is 0.434 e. The number of primary amides is 1. The van der Waals surface area contributed by atoms with Gasteiger partial charge in [-0.15, -0.1) is 11.8 Å². The third-order valence-electron chi connectivity index (χ3n) is 6.07. The molecule has 7 nitrogen and oxygen atoms in total. The molecule has 1 fully saturated rings. The summed E-state index contributed by atoms with van der Waals surface area (Å²) in [6, 6.07) is 7.21. The Labute approximate surface area is 198 Å². The average molecular weight is 470 g/mol. The minimum Gasteiger partial charge on any atom is -0.434 e. The van der Waals surface area contributed by atoms with Gasteiger partial charge in [0.25, 0.3) is 5.89 Å². The summed E-state index contributed by atoms with van der Waals surface area (Å²) in [6.07, 6.45) is 8.24. The van der Waals surface area contributed by atoms with Crippen LogP contribution in [0.1, 0.15) is 56.1 Å². The zero-order valence-electron chi connectivity index (χ0n) is 19.0. The molecule has 2 aromatic rings. The summed E-state index contributed by atoms with van der Waals surface area (Å²) in [7, 11) is 0. The molecule has 1 aromatic heterocycles. The van der Waals surface area contributed by atoms with Crippen LogP contribution in [-0.2, 0) is 9.53 Å². The van der Waals surface area contributed by atoms with Crippen LogP contribution in [0.5, 0.6) is 0 Å². The smallest absolute Gasteiger partial charge is 0.266 e. The molecule has 2 aliphatic rings. The number of amides is 1. The lowest BCUT2D eigenvalue weighted by Gasteiger charge is -2.43. The molecular formula is C25H31N3O4S. The Bertz CT molecular complexity index is 1020. The van der Waals surface area contributed by atoms with E-state index in [1.54, 1.807) is 11.8 Å². The second kappa shape index (κ2) is 11.0. The van der Waals surface area contributed by atoms with E-state index in [9.17, 15) is 9.59 Å². The number of hydrogen-bond donors (Lipinski definition) is 1. The minimum absolute atomic E-state index is 0.101. The summed E-state index contributed by atoms with van der Waals surface area (Å²) in [5.74, 6) is 0.556. The lowest BCUT2D eigenvalue weighted by Crippen LogP contribution is -2.49. The van der Waals surface area contributed by atoms with Gasteiger partial charge in [0.1, 0.15) is 5.52 Å². The van der Waals surface area contributed by atoms with Crippen LogP contribution in [0.2, 0.25) is 0 Å². The van der Waals surface area contributed by atoms with Gasteiger partial charge in [0.15, 0.2) is 5.58 Å². The number of ether oxygens (including phenoxy) is 1. The number of rotatable bonds is 10. The lowest BCUT2D eigenvalue weighted by atomic mass is 9.98. The van der Waals surface area contributed by atoms with Gasteiger partial charge >= 0.3 is 0 Å². The van der Waals surface area contributed by atoms with Crippen molar-refractivity contribution in [3.63, 3.8) is 0 Å². The predicted octanol–water partition coefficient (Wildman–Crippen LogP) is 4.44. The quantitative estimate of drug-likeness (QED) is 0.514. The standard InChI is InChI=1S/C25H31N3O4S/c1-2-6-20(23(30)24-27-19-8-3-4-9-21(19)32-24)28(18-12-14-31-15-13-18)25-17(7-5-16-33-25)10-11-22(26)29/h3-5,7-9,18,20H,2,6,10-16H2,1H3,(H2,26,29)/t20-/m0/s1. The van der Waals surface area contributed by atoms with Crippen molar-refractivity contribution in [1.82, 2.24) is 9.88 Å². The number of benzene rings is 1. The fourth-order valence-electron chi connectivity index (χ4n) is 4.49. The highest BCUT2D eigenvalue weighted by Gasteiger charge is 2.37. The second-order valence-corrected chi connectivity index (χ2v) is 9.43. The Morgan fingerprint density at radius 1 is 1.27 bits per heavy atom. The van der Waals surface area contributed by atoms with Crippen LogP contribution in [0, 0.1) is 0 Å². The van der Waals surface area contributed by atoms with E-state index >= 15 is 0 Å². The number of thioether (sulfide) groups is 1. The maximum atomic E-state index is 13.9.